The Morgan fingerprint density at radius 1 is 0.596 bits per heavy atom. The zero-order valence-electron chi connectivity index (χ0n) is 31.2. The number of fused-ring (bicyclic) bond motifs is 5. The molecule has 0 radical (unpaired) electrons. The molecular formula is C42H56Br2N4S4. The fraction of sp³-hybridized carbons (Fsp3) is 0.595. The van der Waals surface area contributed by atoms with Gasteiger partial charge in [0.25, 0.3) is 0 Å². The van der Waals surface area contributed by atoms with Crippen LogP contribution in [0, 0.1) is 0 Å². The van der Waals surface area contributed by atoms with Gasteiger partial charge in [0.15, 0.2) is 0 Å². The number of thiophene rings is 2. The lowest BCUT2D eigenvalue weighted by atomic mass is 9.84. The van der Waals surface area contributed by atoms with Crippen molar-refractivity contribution in [2.45, 2.75) is 161 Å². The minimum absolute atomic E-state index is 0.0621. The standard InChI is InChI=1S/C42H56Br2N4S4/c1-3-5-7-9-11-13-15-17-19-21-23-29-25-35(49-41(29)43)33-27-31-32(37-39(33)47-51-45-37)28-34(40-38(31)46-52-48-40)36-26-30(42(44)50-36)24-22-20-18-16-14-12-10-8-6-4-2/h25-28,39,47H,3-24H2,1-2H3. The first-order valence-corrected chi connectivity index (χ1v) is 24.9. The van der Waals surface area contributed by atoms with Crippen LogP contribution < -0.4 is 4.72 Å². The predicted octanol–water partition coefficient (Wildman–Crippen LogP) is 15.8. The van der Waals surface area contributed by atoms with Gasteiger partial charge in [0.05, 0.1) is 43.2 Å². The maximum absolute atomic E-state index is 4.97. The van der Waals surface area contributed by atoms with Crippen molar-refractivity contribution in [3.05, 3.63) is 52.9 Å². The van der Waals surface area contributed by atoms with Crippen molar-refractivity contribution in [3.8, 4) is 10.4 Å². The maximum atomic E-state index is 4.97. The van der Waals surface area contributed by atoms with Gasteiger partial charge in [-0.15, -0.1) is 22.7 Å². The molecule has 1 atom stereocenters. The van der Waals surface area contributed by atoms with Crippen molar-refractivity contribution in [2.24, 2.45) is 4.40 Å². The molecule has 282 valence electrons. The number of hydrogen-bond acceptors (Lipinski definition) is 8. The highest BCUT2D eigenvalue weighted by atomic mass is 79.9. The molecule has 4 nitrogen and oxygen atoms in total. The first-order valence-electron chi connectivity index (χ1n) is 20.2. The second-order valence-corrected chi connectivity index (χ2v) is 20.6. The lowest BCUT2D eigenvalue weighted by Gasteiger charge is -2.23. The van der Waals surface area contributed by atoms with Crippen molar-refractivity contribution in [3.63, 3.8) is 0 Å². The quantitative estimate of drug-likeness (QED) is 0.0562. The fourth-order valence-electron chi connectivity index (χ4n) is 7.65. The van der Waals surface area contributed by atoms with Gasteiger partial charge in [0.2, 0.25) is 0 Å². The van der Waals surface area contributed by atoms with Gasteiger partial charge in [0, 0.05) is 26.4 Å². The van der Waals surface area contributed by atoms with Crippen LogP contribution in [0.3, 0.4) is 0 Å². The third kappa shape index (κ3) is 10.7. The number of rotatable bonds is 24. The number of unbranched alkanes of at least 4 members (excludes halogenated alkanes) is 18. The number of aryl methyl sites for hydroxylation is 2. The van der Waals surface area contributed by atoms with Gasteiger partial charge < -0.3 is 0 Å². The summed E-state index contributed by atoms with van der Waals surface area (Å²) >= 11 is 14.4. The zero-order valence-corrected chi connectivity index (χ0v) is 37.6. The number of aromatic nitrogens is 2. The molecule has 0 bridgehead atoms. The van der Waals surface area contributed by atoms with E-state index in [1.54, 1.807) is 0 Å². The van der Waals surface area contributed by atoms with Crippen molar-refractivity contribution in [2.75, 3.05) is 0 Å². The predicted molar refractivity (Wildman–Crippen MR) is 240 cm³/mol. The van der Waals surface area contributed by atoms with E-state index in [9.17, 15) is 0 Å². The number of halogens is 2. The lowest BCUT2D eigenvalue weighted by Crippen LogP contribution is -2.32. The third-order valence-corrected chi connectivity index (χ3v) is 15.9. The number of hydrogen-bond donors (Lipinski definition) is 1. The van der Waals surface area contributed by atoms with Crippen LogP contribution in [0.15, 0.2) is 30.2 Å². The van der Waals surface area contributed by atoms with Crippen LogP contribution in [0.25, 0.3) is 33.1 Å². The summed E-state index contributed by atoms with van der Waals surface area (Å²) in [5, 5.41) is 0. The Bertz CT molecular complexity index is 1790. The van der Waals surface area contributed by atoms with Crippen molar-refractivity contribution < 1.29 is 0 Å². The Balaban J connectivity index is 1.10. The maximum Gasteiger partial charge on any atom is 0.114 e. The van der Waals surface area contributed by atoms with Crippen LogP contribution in [0.4, 0.5) is 0 Å². The second-order valence-electron chi connectivity index (χ2n) is 14.7. The largest absolute Gasteiger partial charge is 0.231 e. The van der Waals surface area contributed by atoms with Crippen LogP contribution >= 0.6 is 78.4 Å². The van der Waals surface area contributed by atoms with Crippen LogP contribution in [0.1, 0.15) is 169 Å². The molecule has 1 N–H and O–H groups in total. The van der Waals surface area contributed by atoms with Gasteiger partial charge in [-0.3, -0.25) is 0 Å². The van der Waals surface area contributed by atoms with Gasteiger partial charge in [-0.2, -0.15) is 8.75 Å². The van der Waals surface area contributed by atoms with Gasteiger partial charge in [-0.1, -0.05) is 129 Å². The fourth-order valence-corrected chi connectivity index (χ4v) is 12.5. The number of nitrogens with one attached hydrogen (secondary N) is 1. The summed E-state index contributed by atoms with van der Waals surface area (Å²) in [6.45, 7) is 4.59. The van der Waals surface area contributed by atoms with Crippen LogP contribution in [-0.2, 0) is 12.8 Å². The average Bonchev–Trinajstić information content (AvgIpc) is 3.97. The third-order valence-electron chi connectivity index (χ3n) is 10.7. The normalized spacial score (nSPS) is 15.3. The molecule has 0 spiro atoms. The molecule has 1 aliphatic heterocycles. The molecule has 10 heteroatoms. The number of benzene rings is 1. The Labute approximate surface area is 346 Å². The molecule has 0 saturated heterocycles. The molecule has 0 amide bonds. The van der Waals surface area contributed by atoms with Gasteiger partial charge in [0.1, 0.15) is 11.0 Å². The Hall–Kier alpha value is -0.880. The van der Waals surface area contributed by atoms with Crippen molar-refractivity contribution >= 4 is 107 Å². The molecule has 52 heavy (non-hydrogen) atoms. The summed E-state index contributed by atoms with van der Waals surface area (Å²) in [5.74, 6) is 0. The molecular weight excluding hydrogens is 849 g/mol. The van der Waals surface area contributed by atoms with Gasteiger partial charge in [-0.25, -0.2) is 9.12 Å². The highest BCUT2D eigenvalue weighted by Gasteiger charge is 2.35. The topological polar surface area (TPSA) is 50.2 Å². The molecule has 1 aromatic carbocycles. The highest BCUT2D eigenvalue weighted by molar-refractivity contribution is 9.11. The van der Waals surface area contributed by atoms with E-state index < -0.39 is 0 Å². The molecule has 0 saturated carbocycles. The van der Waals surface area contributed by atoms with Crippen LogP contribution in [0.2, 0.25) is 0 Å². The first kappa shape index (κ1) is 40.8. The van der Waals surface area contributed by atoms with E-state index in [0.29, 0.717) is 0 Å². The summed E-state index contributed by atoms with van der Waals surface area (Å²) in [6.07, 6.45) is 31.9. The van der Waals surface area contributed by atoms with Crippen molar-refractivity contribution in [1.29, 1.82) is 0 Å². The molecule has 1 aliphatic carbocycles. The van der Waals surface area contributed by atoms with Crippen LogP contribution in [0.5, 0.6) is 0 Å². The van der Waals surface area contributed by atoms with E-state index in [1.807, 2.05) is 22.7 Å². The van der Waals surface area contributed by atoms with Gasteiger partial charge in [-0.05, 0) is 98.5 Å². The second kappa shape index (κ2) is 21.4. The summed E-state index contributed by atoms with van der Waals surface area (Å²) in [7, 11) is 0. The van der Waals surface area contributed by atoms with Gasteiger partial charge >= 0.3 is 0 Å². The van der Waals surface area contributed by atoms with E-state index in [2.05, 4.69) is 74.7 Å². The first-order chi connectivity index (χ1) is 25.6. The highest BCUT2D eigenvalue weighted by Crippen LogP contribution is 2.46. The summed E-state index contributed by atoms with van der Waals surface area (Å²) in [5.41, 5.74) is 10.8. The molecule has 1 unspecified atom stereocenters. The van der Waals surface area contributed by atoms with E-state index in [4.69, 9.17) is 13.1 Å². The van der Waals surface area contributed by atoms with E-state index in [0.717, 1.165) is 35.2 Å². The van der Waals surface area contributed by atoms with E-state index in [-0.39, 0.29) is 6.04 Å². The Morgan fingerprint density at radius 3 is 1.67 bits per heavy atom. The number of nitrogens with zero attached hydrogens (tertiary/aromatic N) is 3. The Morgan fingerprint density at radius 2 is 1.10 bits per heavy atom. The molecule has 3 aromatic heterocycles. The smallest absolute Gasteiger partial charge is 0.114 e. The molecule has 4 aromatic rings. The minimum Gasteiger partial charge on any atom is -0.231 e. The average molecular weight is 905 g/mol. The molecule has 0 fully saturated rings. The van der Waals surface area contributed by atoms with E-state index >= 15 is 0 Å². The lowest BCUT2D eigenvalue weighted by molar-refractivity contribution is 0.556. The zero-order chi connectivity index (χ0) is 36.1. The molecule has 4 heterocycles. The molecule has 6 rings (SSSR count). The molecule has 2 aliphatic rings. The van der Waals surface area contributed by atoms with E-state index in [1.165, 1.54) is 197 Å². The summed E-state index contributed by atoms with van der Waals surface area (Å²) < 4.78 is 20.9. The van der Waals surface area contributed by atoms with Crippen LogP contribution in [-0.4, -0.2) is 20.5 Å². The summed E-state index contributed by atoms with van der Waals surface area (Å²) in [4.78, 5) is 2.57. The minimum atomic E-state index is 0.0621. The Kier molecular flexibility index (Phi) is 16.8. The SMILES string of the molecule is CCCCCCCCCCCCc1cc(C2=Cc3c(cc(-c4cc(CCCCCCCCCCCC)c(Br)s4)c4nsnc34)C3=NSNC23)sc1Br. The van der Waals surface area contributed by atoms with Crippen molar-refractivity contribution in [1.82, 2.24) is 13.5 Å². The summed E-state index contributed by atoms with van der Waals surface area (Å²) in [6, 6.07) is 7.22. The monoisotopic (exact) mass is 902 g/mol.